The van der Waals surface area contributed by atoms with Crippen LogP contribution in [0.15, 0.2) is 24.5 Å². The van der Waals surface area contributed by atoms with Crippen LogP contribution in [0, 0.1) is 24.0 Å². The summed E-state index contributed by atoms with van der Waals surface area (Å²) in [5, 5.41) is 21.2. The Morgan fingerprint density at radius 2 is 1.86 bits per heavy atom. The van der Waals surface area contributed by atoms with Crippen molar-refractivity contribution in [2.45, 2.75) is 20.8 Å². The fourth-order valence-electron chi connectivity index (χ4n) is 3.76. The third kappa shape index (κ3) is 4.24. The third-order valence-corrected chi connectivity index (χ3v) is 5.51. The zero-order valence-corrected chi connectivity index (χ0v) is 17.2. The quantitative estimate of drug-likeness (QED) is 0.558. The topological polar surface area (TPSA) is 98.9 Å². The highest BCUT2D eigenvalue weighted by Crippen LogP contribution is 2.35. The van der Waals surface area contributed by atoms with Crippen molar-refractivity contribution in [2.75, 3.05) is 60.6 Å². The smallest absolute Gasteiger partial charge is 0.353 e. The van der Waals surface area contributed by atoms with Crippen LogP contribution in [0.25, 0.3) is 0 Å². The average molecular weight is 400 g/mol. The van der Waals surface area contributed by atoms with Crippen LogP contribution in [0.1, 0.15) is 18.1 Å². The number of likely N-dealkylation sites (N-methyl/N-ethyl adjacent to an activating group) is 1. The Hall–Kier alpha value is -2.94. The number of nitrogens with zero attached hydrogens (tertiary/aromatic N) is 6. The third-order valence-electron chi connectivity index (χ3n) is 5.51. The van der Waals surface area contributed by atoms with Crippen molar-refractivity contribution in [3.05, 3.63) is 45.8 Å². The summed E-state index contributed by atoms with van der Waals surface area (Å²) >= 11 is 0. The lowest BCUT2D eigenvalue weighted by Gasteiger charge is -2.37. The summed E-state index contributed by atoms with van der Waals surface area (Å²) in [4.78, 5) is 25.8. The van der Waals surface area contributed by atoms with E-state index in [0.29, 0.717) is 25.5 Å². The van der Waals surface area contributed by atoms with Crippen molar-refractivity contribution in [2.24, 2.45) is 0 Å². The number of aliphatic hydroxyl groups is 1. The second-order valence-corrected chi connectivity index (χ2v) is 7.12. The zero-order chi connectivity index (χ0) is 21.0. The van der Waals surface area contributed by atoms with E-state index >= 15 is 0 Å². The van der Waals surface area contributed by atoms with E-state index in [0.717, 1.165) is 13.1 Å². The number of nitro groups is 1. The summed E-state index contributed by atoms with van der Waals surface area (Å²) in [5.41, 5.74) is 3.63. The first-order valence-electron chi connectivity index (χ1n) is 9.89. The van der Waals surface area contributed by atoms with Gasteiger partial charge in [-0.15, -0.1) is 0 Å². The number of aliphatic hydroxyl groups excluding tert-OH is 1. The number of hydrogen-bond donors (Lipinski definition) is 1. The molecule has 0 bridgehead atoms. The molecule has 1 aliphatic rings. The Bertz CT molecular complexity index is 867. The second-order valence-electron chi connectivity index (χ2n) is 7.12. The van der Waals surface area contributed by atoms with Crippen LogP contribution >= 0.6 is 0 Å². The molecule has 156 valence electrons. The Kier molecular flexibility index (Phi) is 6.48. The van der Waals surface area contributed by atoms with E-state index in [9.17, 15) is 15.2 Å². The van der Waals surface area contributed by atoms with Gasteiger partial charge in [0.05, 0.1) is 11.5 Å². The number of hydrogen-bond acceptors (Lipinski definition) is 8. The molecule has 0 atom stereocenters. The van der Waals surface area contributed by atoms with E-state index in [-0.39, 0.29) is 24.7 Å². The molecule has 9 nitrogen and oxygen atoms in total. The van der Waals surface area contributed by atoms with Gasteiger partial charge in [-0.05, 0) is 38.0 Å². The molecule has 29 heavy (non-hydrogen) atoms. The molecular formula is C20H28N6O3. The summed E-state index contributed by atoms with van der Waals surface area (Å²) in [7, 11) is 0. The van der Waals surface area contributed by atoms with Gasteiger partial charge in [0.1, 0.15) is 6.33 Å². The zero-order valence-electron chi connectivity index (χ0n) is 17.2. The molecule has 0 unspecified atom stereocenters. The number of anilines is 3. The molecule has 1 aromatic carbocycles. The van der Waals surface area contributed by atoms with Crippen LogP contribution in [-0.4, -0.2) is 65.9 Å². The van der Waals surface area contributed by atoms with Crippen molar-refractivity contribution in [3.8, 4) is 0 Å². The molecule has 2 aromatic rings. The Balaban J connectivity index is 1.85. The highest BCUT2D eigenvalue weighted by Gasteiger charge is 2.31. The van der Waals surface area contributed by atoms with Gasteiger partial charge in [0.2, 0.25) is 11.6 Å². The van der Waals surface area contributed by atoms with E-state index in [1.165, 1.54) is 23.1 Å². The molecular weight excluding hydrogens is 372 g/mol. The van der Waals surface area contributed by atoms with Crippen LogP contribution in [0.5, 0.6) is 0 Å². The number of aromatic nitrogens is 2. The molecule has 0 amide bonds. The first-order valence-corrected chi connectivity index (χ1v) is 9.89. The minimum atomic E-state index is -0.415. The van der Waals surface area contributed by atoms with E-state index in [1.807, 2.05) is 11.8 Å². The van der Waals surface area contributed by atoms with Gasteiger partial charge in [-0.25, -0.2) is 9.97 Å². The van der Waals surface area contributed by atoms with Gasteiger partial charge in [-0.1, -0.05) is 12.1 Å². The van der Waals surface area contributed by atoms with Crippen molar-refractivity contribution in [3.63, 3.8) is 0 Å². The Morgan fingerprint density at radius 3 is 2.48 bits per heavy atom. The molecule has 0 radical (unpaired) electrons. The van der Waals surface area contributed by atoms with Crippen molar-refractivity contribution >= 4 is 23.0 Å². The number of benzene rings is 1. The molecule has 1 aromatic heterocycles. The Morgan fingerprint density at radius 1 is 1.17 bits per heavy atom. The number of rotatable bonds is 7. The lowest BCUT2D eigenvalue weighted by Crippen LogP contribution is -2.47. The van der Waals surface area contributed by atoms with Crippen molar-refractivity contribution in [1.29, 1.82) is 0 Å². The summed E-state index contributed by atoms with van der Waals surface area (Å²) in [6, 6.07) is 6.29. The van der Waals surface area contributed by atoms with Gasteiger partial charge in [0.25, 0.3) is 0 Å². The molecule has 3 rings (SSSR count). The number of aryl methyl sites for hydroxylation is 1. The van der Waals surface area contributed by atoms with Crippen LogP contribution < -0.4 is 14.7 Å². The molecule has 0 aliphatic carbocycles. The maximum absolute atomic E-state index is 11.9. The first-order chi connectivity index (χ1) is 14.0. The van der Waals surface area contributed by atoms with E-state index in [1.54, 1.807) is 4.90 Å². The summed E-state index contributed by atoms with van der Waals surface area (Å²) < 4.78 is 0. The molecule has 2 heterocycles. The van der Waals surface area contributed by atoms with E-state index in [2.05, 4.69) is 46.9 Å². The minimum Gasteiger partial charge on any atom is -0.395 e. The standard InChI is InChI=1S/C20H28N6O3/c1-4-23(12-13-27)19-18(26(28)29)20(22-14-21-19)25-10-8-24(9-11-25)17-7-5-6-15(2)16(17)3/h5-7,14,27H,4,8-13H2,1-3H3. The first kappa shape index (κ1) is 20.8. The lowest BCUT2D eigenvalue weighted by atomic mass is 10.1. The minimum absolute atomic E-state index is 0.0945. The fourth-order valence-corrected chi connectivity index (χ4v) is 3.76. The summed E-state index contributed by atoms with van der Waals surface area (Å²) in [5.74, 6) is 0.602. The van der Waals surface area contributed by atoms with Crippen molar-refractivity contribution < 1.29 is 10.0 Å². The monoisotopic (exact) mass is 400 g/mol. The lowest BCUT2D eigenvalue weighted by molar-refractivity contribution is -0.383. The predicted molar refractivity (Wildman–Crippen MR) is 114 cm³/mol. The van der Waals surface area contributed by atoms with Crippen LogP contribution in [0.3, 0.4) is 0 Å². The molecule has 1 aliphatic heterocycles. The Labute approximate surface area is 170 Å². The molecule has 0 spiro atoms. The van der Waals surface area contributed by atoms with E-state index in [4.69, 9.17) is 0 Å². The van der Waals surface area contributed by atoms with Gasteiger partial charge in [0, 0.05) is 45.0 Å². The fraction of sp³-hybridized carbons (Fsp3) is 0.500. The normalized spacial score (nSPS) is 14.2. The van der Waals surface area contributed by atoms with Gasteiger partial charge in [-0.2, -0.15) is 0 Å². The summed E-state index contributed by atoms with van der Waals surface area (Å²) in [6.45, 7) is 9.60. The van der Waals surface area contributed by atoms with Gasteiger partial charge >= 0.3 is 5.69 Å². The van der Waals surface area contributed by atoms with Gasteiger partial charge in [-0.3, -0.25) is 10.1 Å². The highest BCUT2D eigenvalue weighted by molar-refractivity contribution is 5.71. The van der Waals surface area contributed by atoms with Crippen LogP contribution in [0.4, 0.5) is 23.0 Å². The summed E-state index contributed by atoms with van der Waals surface area (Å²) in [6.07, 6.45) is 1.37. The molecule has 9 heteroatoms. The SMILES string of the molecule is CCN(CCO)c1ncnc(N2CCN(c3cccc(C)c3C)CC2)c1[N+](=O)[O-]. The van der Waals surface area contributed by atoms with Crippen LogP contribution in [0.2, 0.25) is 0 Å². The second kappa shape index (κ2) is 9.04. The van der Waals surface area contributed by atoms with Crippen LogP contribution in [-0.2, 0) is 0 Å². The molecule has 1 fully saturated rings. The van der Waals surface area contributed by atoms with Gasteiger partial charge < -0.3 is 19.8 Å². The largest absolute Gasteiger partial charge is 0.395 e. The van der Waals surface area contributed by atoms with E-state index < -0.39 is 4.92 Å². The van der Waals surface area contributed by atoms with Gasteiger partial charge in [0.15, 0.2) is 0 Å². The maximum Gasteiger partial charge on any atom is 0.353 e. The highest BCUT2D eigenvalue weighted by atomic mass is 16.6. The molecule has 1 saturated heterocycles. The molecule has 1 N–H and O–H groups in total. The predicted octanol–water partition coefficient (Wildman–Crippen LogP) is 2.15. The maximum atomic E-state index is 11.9. The average Bonchev–Trinajstić information content (AvgIpc) is 2.73. The number of piperazine rings is 1. The van der Waals surface area contributed by atoms with Crippen molar-refractivity contribution in [1.82, 2.24) is 9.97 Å². The molecule has 0 saturated carbocycles.